The van der Waals surface area contributed by atoms with Gasteiger partial charge in [-0.25, -0.2) is 4.98 Å². The van der Waals surface area contributed by atoms with Crippen LogP contribution in [0.3, 0.4) is 0 Å². The Kier molecular flexibility index (Phi) is 3.93. The van der Waals surface area contributed by atoms with Gasteiger partial charge in [0.05, 0.1) is 5.69 Å². The first-order valence-electron chi connectivity index (χ1n) is 5.98. The van der Waals surface area contributed by atoms with Crippen LogP contribution >= 0.6 is 22.9 Å². The van der Waals surface area contributed by atoms with Crippen LogP contribution in [0.5, 0.6) is 0 Å². The molecule has 0 saturated heterocycles. The Labute approximate surface area is 117 Å². The summed E-state index contributed by atoms with van der Waals surface area (Å²) in [7, 11) is 0. The minimum atomic E-state index is 0.396. The number of benzene rings is 1. The number of nitrogens with two attached hydrogens (primary N) is 1. The van der Waals surface area contributed by atoms with Crippen molar-refractivity contribution in [2.45, 2.75) is 33.1 Å². The van der Waals surface area contributed by atoms with Crippen LogP contribution in [-0.4, -0.2) is 4.98 Å². The zero-order valence-electron chi connectivity index (χ0n) is 10.8. The van der Waals surface area contributed by atoms with Crippen LogP contribution in [0.2, 0.25) is 5.02 Å². The Morgan fingerprint density at radius 1 is 1.39 bits per heavy atom. The molecule has 1 heterocycles. The maximum Gasteiger partial charge on any atom is 0.180 e. The van der Waals surface area contributed by atoms with Gasteiger partial charge >= 0.3 is 0 Å². The second-order valence-electron chi connectivity index (χ2n) is 4.72. The number of aromatic nitrogens is 1. The number of halogens is 1. The van der Waals surface area contributed by atoms with Crippen LogP contribution in [0, 0.1) is 6.92 Å². The summed E-state index contributed by atoms with van der Waals surface area (Å²) in [6, 6.07) is 6.02. The standard InChI is InChI=1S/C14H17ClN2S/c1-8(2)13-12(18-14(16)17-13)7-10-5-4-6-11(15)9(10)3/h4-6,8H,7H2,1-3H3,(H2,16,17). The lowest BCUT2D eigenvalue weighted by Crippen LogP contribution is -1.97. The smallest absolute Gasteiger partial charge is 0.180 e. The van der Waals surface area contributed by atoms with Crippen molar-refractivity contribution in [3.8, 4) is 0 Å². The van der Waals surface area contributed by atoms with Crippen molar-refractivity contribution in [3.05, 3.63) is 44.9 Å². The summed E-state index contributed by atoms with van der Waals surface area (Å²) in [5.41, 5.74) is 9.31. The lowest BCUT2D eigenvalue weighted by Gasteiger charge is -2.08. The van der Waals surface area contributed by atoms with Gasteiger partial charge in [0.15, 0.2) is 5.13 Å². The van der Waals surface area contributed by atoms with E-state index in [1.54, 1.807) is 11.3 Å². The minimum absolute atomic E-state index is 0.396. The van der Waals surface area contributed by atoms with Gasteiger partial charge in [0.2, 0.25) is 0 Å². The van der Waals surface area contributed by atoms with Gasteiger partial charge in [-0.15, -0.1) is 11.3 Å². The fourth-order valence-corrected chi connectivity index (χ4v) is 3.18. The van der Waals surface area contributed by atoms with Crippen LogP contribution in [-0.2, 0) is 6.42 Å². The molecule has 1 aromatic carbocycles. The summed E-state index contributed by atoms with van der Waals surface area (Å²) in [6.07, 6.45) is 0.856. The van der Waals surface area contributed by atoms with Gasteiger partial charge < -0.3 is 5.73 Å². The van der Waals surface area contributed by atoms with Gasteiger partial charge in [0.1, 0.15) is 0 Å². The third kappa shape index (κ3) is 2.68. The molecular weight excluding hydrogens is 264 g/mol. The summed E-state index contributed by atoms with van der Waals surface area (Å²) >= 11 is 7.73. The van der Waals surface area contributed by atoms with E-state index in [1.807, 2.05) is 12.1 Å². The molecule has 0 unspecified atom stereocenters. The van der Waals surface area contributed by atoms with Crippen LogP contribution in [0.25, 0.3) is 0 Å². The highest BCUT2D eigenvalue weighted by Gasteiger charge is 2.14. The van der Waals surface area contributed by atoms with E-state index in [0.717, 1.165) is 22.7 Å². The van der Waals surface area contributed by atoms with E-state index in [0.29, 0.717) is 11.0 Å². The summed E-state index contributed by atoms with van der Waals surface area (Å²) in [5, 5.41) is 1.46. The normalized spacial score (nSPS) is 11.2. The molecule has 96 valence electrons. The topological polar surface area (TPSA) is 38.9 Å². The molecule has 0 atom stereocenters. The van der Waals surface area contributed by atoms with Crippen molar-refractivity contribution in [2.75, 3.05) is 5.73 Å². The zero-order chi connectivity index (χ0) is 13.3. The number of thiazole rings is 1. The number of nitrogen functional groups attached to an aromatic ring is 1. The molecule has 0 aliphatic rings. The lowest BCUT2D eigenvalue weighted by molar-refractivity contribution is 0.820. The Morgan fingerprint density at radius 3 is 2.78 bits per heavy atom. The molecule has 0 bridgehead atoms. The zero-order valence-corrected chi connectivity index (χ0v) is 12.4. The summed E-state index contributed by atoms with van der Waals surface area (Å²) < 4.78 is 0. The van der Waals surface area contributed by atoms with Crippen molar-refractivity contribution in [1.29, 1.82) is 0 Å². The van der Waals surface area contributed by atoms with Crippen molar-refractivity contribution in [2.24, 2.45) is 0 Å². The molecule has 0 fully saturated rings. The van der Waals surface area contributed by atoms with Crippen molar-refractivity contribution < 1.29 is 0 Å². The Hall–Kier alpha value is -1.06. The van der Waals surface area contributed by atoms with E-state index in [9.17, 15) is 0 Å². The van der Waals surface area contributed by atoms with Gasteiger partial charge in [0, 0.05) is 16.3 Å². The second kappa shape index (κ2) is 5.29. The molecule has 0 saturated carbocycles. The second-order valence-corrected chi connectivity index (χ2v) is 6.24. The van der Waals surface area contributed by atoms with Crippen molar-refractivity contribution in [1.82, 2.24) is 4.98 Å². The lowest BCUT2D eigenvalue weighted by atomic mass is 10.0. The molecule has 0 aliphatic carbocycles. The number of anilines is 1. The molecule has 2 rings (SSSR count). The maximum atomic E-state index is 6.15. The average molecular weight is 281 g/mol. The summed E-state index contributed by atoms with van der Waals surface area (Å²) in [6.45, 7) is 6.34. The maximum absolute atomic E-state index is 6.15. The SMILES string of the molecule is Cc1c(Cl)cccc1Cc1sc(N)nc1C(C)C. The molecule has 0 aliphatic heterocycles. The third-order valence-corrected chi connectivity index (χ3v) is 4.33. The highest BCUT2D eigenvalue weighted by molar-refractivity contribution is 7.15. The molecule has 2 aromatic rings. The monoisotopic (exact) mass is 280 g/mol. The quantitative estimate of drug-likeness (QED) is 0.905. The number of rotatable bonds is 3. The molecule has 2 nitrogen and oxygen atoms in total. The Balaban J connectivity index is 2.37. The van der Waals surface area contributed by atoms with E-state index >= 15 is 0 Å². The number of hydrogen-bond donors (Lipinski definition) is 1. The Morgan fingerprint density at radius 2 is 2.11 bits per heavy atom. The minimum Gasteiger partial charge on any atom is -0.375 e. The highest BCUT2D eigenvalue weighted by atomic mass is 35.5. The van der Waals surface area contributed by atoms with Crippen LogP contribution in [0.1, 0.15) is 41.5 Å². The molecule has 2 N–H and O–H groups in total. The van der Waals surface area contributed by atoms with Crippen molar-refractivity contribution in [3.63, 3.8) is 0 Å². The first kappa shape index (κ1) is 13.4. The van der Waals surface area contributed by atoms with Gasteiger partial charge in [-0.3, -0.25) is 0 Å². The molecule has 4 heteroatoms. The van der Waals surface area contributed by atoms with Crippen molar-refractivity contribution >= 4 is 28.1 Å². The van der Waals surface area contributed by atoms with E-state index in [-0.39, 0.29) is 0 Å². The molecule has 1 aromatic heterocycles. The molecule has 0 radical (unpaired) electrons. The third-order valence-electron chi connectivity index (χ3n) is 3.02. The van der Waals surface area contributed by atoms with Crippen LogP contribution < -0.4 is 5.73 Å². The first-order valence-corrected chi connectivity index (χ1v) is 7.17. The summed E-state index contributed by atoms with van der Waals surface area (Å²) in [4.78, 5) is 5.67. The van der Waals surface area contributed by atoms with Crippen LogP contribution in [0.4, 0.5) is 5.13 Å². The van der Waals surface area contributed by atoms with E-state index in [4.69, 9.17) is 17.3 Å². The van der Waals surface area contributed by atoms with Gasteiger partial charge in [0.25, 0.3) is 0 Å². The summed E-state index contributed by atoms with van der Waals surface area (Å²) in [5.74, 6) is 0.396. The largest absolute Gasteiger partial charge is 0.375 e. The van der Waals surface area contributed by atoms with Gasteiger partial charge in [-0.05, 0) is 30.0 Å². The van der Waals surface area contributed by atoms with Gasteiger partial charge in [-0.1, -0.05) is 37.6 Å². The highest BCUT2D eigenvalue weighted by Crippen LogP contribution is 2.30. The first-order chi connectivity index (χ1) is 8.49. The predicted molar refractivity (Wildman–Crippen MR) is 79.6 cm³/mol. The van der Waals surface area contributed by atoms with Crippen LogP contribution in [0.15, 0.2) is 18.2 Å². The Bertz CT molecular complexity index is 561. The fourth-order valence-electron chi connectivity index (χ4n) is 1.98. The molecule has 0 spiro atoms. The molecular formula is C14H17ClN2S. The average Bonchev–Trinajstić information content (AvgIpc) is 2.66. The van der Waals surface area contributed by atoms with E-state index in [1.165, 1.54) is 10.4 Å². The molecule has 0 amide bonds. The van der Waals surface area contributed by atoms with E-state index < -0.39 is 0 Å². The number of nitrogens with zero attached hydrogens (tertiary/aromatic N) is 1. The van der Waals surface area contributed by atoms with Gasteiger partial charge in [-0.2, -0.15) is 0 Å². The predicted octanol–water partition coefficient (Wildman–Crippen LogP) is 4.40. The molecule has 18 heavy (non-hydrogen) atoms. The number of hydrogen-bond acceptors (Lipinski definition) is 3. The van der Waals surface area contributed by atoms with E-state index in [2.05, 4.69) is 31.8 Å². The fraction of sp³-hybridized carbons (Fsp3) is 0.357.